The first-order valence-corrected chi connectivity index (χ1v) is 7.69. The van der Waals surface area contributed by atoms with Gasteiger partial charge in [0.15, 0.2) is 0 Å². The maximum atomic E-state index is 4.57. The van der Waals surface area contributed by atoms with E-state index in [1.54, 1.807) is 0 Å². The molecule has 2 aromatic carbocycles. The zero-order valence-electron chi connectivity index (χ0n) is 12.8. The molecule has 0 saturated carbocycles. The predicted molar refractivity (Wildman–Crippen MR) is 91.1 cm³/mol. The highest BCUT2D eigenvalue weighted by molar-refractivity contribution is 5.83. The SMILES string of the molecule is Cc1cccc(N=Cc2ccc(N3CCCC3)c(C)c2)c1. The molecule has 0 amide bonds. The first kappa shape index (κ1) is 13.9. The summed E-state index contributed by atoms with van der Waals surface area (Å²) in [5.74, 6) is 0. The summed E-state index contributed by atoms with van der Waals surface area (Å²) < 4.78 is 0. The highest BCUT2D eigenvalue weighted by Crippen LogP contribution is 2.25. The van der Waals surface area contributed by atoms with Gasteiger partial charge in [0.25, 0.3) is 0 Å². The van der Waals surface area contributed by atoms with E-state index < -0.39 is 0 Å². The van der Waals surface area contributed by atoms with Gasteiger partial charge in [-0.05, 0) is 67.6 Å². The molecular weight excluding hydrogens is 256 g/mol. The van der Waals surface area contributed by atoms with Gasteiger partial charge in [0.2, 0.25) is 0 Å². The van der Waals surface area contributed by atoms with E-state index >= 15 is 0 Å². The van der Waals surface area contributed by atoms with Crippen LogP contribution < -0.4 is 4.90 Å². The lowest BCUT2D eigenvalue weighted by Gasteiger charge is -2.20. The monoisotopic (exact) mass is 278 g/mol. The molecule has 0 unspecified atom stereocenters. The molecule has 0 atom stereocenters. The third kappa shape index (κ3) is 3.33. The fraction of sp³-hybridized carbons (Fsp3) is 0.316. The van der Waals surface area contributed by atoms with E-state index in [2.05, 4.69) is 54.1 Å². The minimum absolute atomic E-state index is 1.01. The molecule has 21 heavy (non-hydrogen) atoms. The van der Waals surface area contributed by atoms with Crippen LogP contribution in [0.5, 0.6) is 0 Å². The standard InChI is InChI=1S/C19H22N2/c1-15-6-5-7-18(12-15)20-14-17-8-9-19(16(2)13-17)21-10-3-4-11-21/h5-9,12-14H,3-4,10-11H2,1-2H3. The third-order valence-corrected chi connectivity index (χ3v) is 4.03. The first-order valence-electron chi connectivity index (χ1n) is 7.69. The van der Waals surface area contributed by atoms with Gasteiger partial charge in [-0.3, -0.25) is 4.99 Å². The van der Waals surface area contributed by atoms with Crippen LogP contribution in [0.15, 0.2) is 47.5 Å². The van der Waals surface area contributed by atoms with E-state index in [1.807, 2.05) is 18.3 Å². The summed E-state index contributed by atoms with van der Waals surface area (Å²) in [4.78, 5) is 7.05. The lowest BCUT2D eigenvalue weighted by Crippen LogP contribution is -2.18. The molecule has 1 saturated heterocycles. The smallest absolute Gasteiger partial charge is 0.0632 e. The van der Waals surface area contributed by atoms with Gasteiger partial charge in [0.1, 0.15) is 0 Å². The van der Waals surface area contributed by atoms with Crippen molar-refractivity contribution in [3.8, 4) is 0 Å². The van der Waals surface area contributed by atoms with Gasteiger partial charge in [-0.25, -0.2) is 0 Å². The van der Waals surface area contributed by atoms with Crippen LogP contribution in [-0.4, -0.2) is 19.3 Å². The van der Waals surface area contributed by atoms with E-state index in [4.69, 9.17) is 0 Å². The Kier molecular flexibility index (Phi) is 4.05. The molecule has 0 aliphatic carbocycles. The molecule has 2 heteroatoms. The first-order chi connectivity index (χ1) is 10.2. The molecule has 1 fully saturated rings. The van der Waals surface area contributed by atoms with Crippen molar-refractivity contribution in [3.05, 3.63) is 59.2 Å². The van der Waals surface area contributed by atoms with Crippen LogP contribution in [-0.2, 0) is 0 Å². The molecule has 0 aromatic heterocycles. The number of hydrogen-bond donors (Lipinski definition) is 0. The number of anilines is 1. The predicted octanol–water partition coefficient (Wildman–Crippen LogP) is 4.65. The van der Waals surface area contributed by atoms with Crippen molar-refractivity contribution in [1.82, 2.24) is 0 Å². The number of hydrogen-bond acceptors (Lipinski definition) is 2. The molecule has 2 nitrogen and oxygen atoms in total. The number of aryl methyl sites for hydroxylation is 2. The summed E-state index contributed by atoms with van der Waals surface area (Å²) in [6, 6.07) is 14.9. The van der Waals surface area contributed by atoms with E-state index in [0.717, 1.165) is 11.3 Å². The molecule has 0 spiro atoms. The van der Waals surface area contributed by atoms with Crippen LogP contribution in [0.2, 0.25) is 0 Å². The van der Waals surface area contributed by atoms with Gasteiger partial charge in [-0.1, -0.05) is 18.2 Å². The Morgan fingerprint density at radius 2 is 1.81 bits per heavy atom. The average Bonchev–Trinajstić information content (AvgIpc) is 2.99. The molecule has 1 aliphatic heterocycles. The molecule has 0 radical (unpaired) electrons. The lowest BCUT2D eigenvalue weighted by molar-refractivity contribution is 0.949. The Morgan fingerprint density at radius 3 is 2.52 bits per heavy atom. The maximum Gasteiger partial charge on any atom is 0.0632 e. The van der Waals surface area contributed by atoms with Crippen LogP contribution in [0.3, 0.4) is 0 Å². The summed E-state index contributed by atoms with van der Waals surface area (Å²) in [5.41, 5.74) is 6.13. The van der Waals surface area contributed by atoms with Crippen LogP contribution in [0, 0.1) is 13.8 Å². The van der Waals surface area contributed by atoms with Crippen LogP contribution in [0.4, 0.5) is 11.4 Å². The summed E-state index contributed by atoms with van der Waals surface area (Å²) in [7, 11) is 0. The average molecular weight is 278 g/mol. The van der Waals surface area contributed by atoms with Crippen molar-refractivity contribution in [1.29, 1.82) is 0 Å². The summed E-state index contributed by atoms with van der Waals surface area (Å²) in [6.45, 7) is 6.67. The van der Waals surface area contributed by atoms with Crippen molar-refractivity contribution in [2.45, 2.75) is 26.7 Å². The van der Waals surface area contributed by atoms with Crippen molar-refractivity contribution >= 4 is 17.6 Å². The molecule has 1 heterocycles. The zero-order valence-corrected chi connectivity index (χ0v) is 12.8. The third-order valence-electron chi connectivity index (χ3n) is 4.03. The molecule has 108 valence electrons. The normalized spacial score (nSPS) is 15.0. The van der Waals surface area contributed by atoms with Crippen molar-refractivity contribution in [3.63, 3.8) is 0 Å². The van der Waals surface area contributed by atoms with Crippen molar-refractivity contribution in [2.24, 2.45) is 4.99 Å². The van der Waals surface area contributed by atoms with Gasteiger partial charge in [0.05, 0.1) is 5.69 Å². The van der Waals surface area contributed by atoms with Crippen LogP contribution in [0.25, 0.3) is 0 Å². The van der Waals surface area contributed by atoms with Gasteiger partial charge in [0, 0.05) is 25.0 Å². The van der Waals surface area contributed by atoms with E-state index in [9.17, 15) is 0 Å². The molecule has 0 bridgehead atoms. The minimum Gasteiger partial charge on any atom is -0.371 e. The van der Waals surface area contributed by atoms with Crippen LogP contribution >= 0.6 is 0 Å². The second kappa shape index (κ2) is 6.13. The second-order valence-electron chi connectivity index (χ2n) is 5.84. The quantitative estimate of drug-likeness (QED) is 0.746. The summed E-state index contributed by atoms with van der Waals surface area (Å²) >= 11 is 0. The number of benzene rings is 2. The van der Waals surface area contributed by atoms with Gasteiger partial charge < -0.3 is 4.90 Å². The molecule has 2 aromatic rings. The van der Waals surface area contributed by atoms with Crippen molar-refractivity contribution < 1.29 is 0 Å². The van der Waals surface area contributed by atoms with E-state index in [0.29, 0.717) is 0 Å². The molecular formula is C19H22N2. The zero-order chi connectivity index (χ0) is 14.7. The maximum absolute atomic E-state index is 4.57. The summed E-state index contributed by atoms with van der Waals surface area (Å²) in [5, 5.41) is 0. The number of rotatable bonds is 3. The topological polar surface area (TPSA) is 15.6 Å². The Morgan fingerprint density at radius 1 is 1.00 bits per heavy atom. The highest BCUT2D eigenvalue weighted by atomic mass is 15.1. The fourth-order valence-electron chi connectivity index (χ4n) is 2.93. The fourth-order valence-corrected chi connectivity index (χ4v) is 2.93. The largest absolute Gasteiger partial charge is 0.371 e. The Labute approximate surface area is 127 Å². The van der Waals surface area contributed by atoms with Gasteiger partial charge in [-0.2, -0.15) is 0 Å². The molecule has 0 N–H and O–H groups in total. The van der Waals surface area contributed by atoms with Crippen molar-refractivity contribution in [2.75, 3.05) is 18.0 Å². The second-order valence-corrected chi connectivity index (χ2v) is 5.84. The number of nitrogens with zero attached hydrogens (tertiary/aromatic N) is 2. The molecule has 1 aliphatic rings. The van der Waals surface area contributed by atoms with E-state index in [1.165, 1.54) is 42.7 Å². The van der Waals surface area contributed by atoms with Gasteiger partial charge in [-0.15, -0.1) is 0 Å². The number of aliphatic imine (C=N–C) groups is 1. The Bertz CT molecular complexity index is 652. The Balaban J connectivity index is 1.78. The highest BCUT2D eigenvalue weighted by Gasteiger charge is 2.13. The Hall–Kier alpha value is -2.09. The van der Waals surface area contributed by atoms with E-state index in [-0.39, 0.29) is 0 Å². The van der Waals surface area contributed by atoms with Gasteiger partial charge >= 0.3 is 0 Å². The minimum atomic E-state index is 1.01. The molecule has 3 rings (SSSR count). The lowest BCUT2D eigenvalue weighted by atomic mass is 10.1. The summed E-state index contributed by atoms with van der Waals surface area (Å²) in [6.07, 6.45) is 4.58. The van der Waals surface area contributed by atoms with Crippen LogP contribution in [0.1, 0.15) is 29.5 Å².